The number of unbranched alkanes of at least 4 members (excludes halogenated alkanes) is 53. The summed E-state index contributed by atoms with van der Waals surface area (Å²) in [7, 11) is 0. The van der Waals surface area contributed by atoms with Crippen LogP contribution in [-0.4, -0.2) is 34.9 Å². The van der Waals surface area contributed by atoms with Crippen molar-refractivity contribution in [3.05, 3.63) is 36.5 Å². The summed E-state index contributed by atoms with van der Waals surface area (Å²) in [5.41, 5.74) is 0. The van der Waals surface area contributed by atoms with Gasteiger partial charge in [-0.05, 0) is 44.9 Å². The number of nitrogens with one attached hydrogen (secondary N) is 1. The Labute approximate surface area is 465 Å². The van der Waals surface area contributed by atoms with Gasteiger partial charge in [0, 0.05) is 6.42 Å². The number of amides is 1. The highest BCUT2D eigenvalue weighted by Crippen LogP contribution is 2.19. The van der Waals surface area contributed by atoms with Crippen molar-refractivity contribution < 1.29 is 15.0 Å². The van der Waals surface area contributed by atoms with Crippen molar-refractivity contribution >= 4 is 5.91 Å². The van der Waals surface area contributed by atoms with Crippen LogP contribution in [0.1, 0.15) is 386 Å². The van der Waals surface area contributed by atoms with Gasteiger partial charge in [0.05, 0.1) is 18.8 Å². The quantitative estimate of drug-likeness (QED) is 0.0420. The molecular formula is C70H135NO3. The van der Waals surface area contributed by atoms with Crippen LogP contribution in [0.15, 0.2) is 36.5 Å². The highest BCUT2D eigenvalue weighted by molar-refractivity contribution is 5.76. The molecule has 0 aliphatic carbocycles. The fourth-order valence-electron chi connectivity index (χ4n) is 10.9. The number of carbonyl (C=O) groups excluding carboxylic acids is 1. The molecule has 0 saturated heterocycles. The highest BCUT2D eigenvalue weighted by atomic mass is 16.3. The molecule has 3 N–H and O–H groups in total. The lowest BCUT2D eigenvalue weighted by Crippen LogP contribution is -2.45. The van der Waals surface area contributed by atoms with Crippen molar-refractivity contribution in [1.29, 1.82) is 0 Å². The van der Waals surface area contributed by atoms with E-state index in [0.717, 1.165) is 38.5 Å². The molecule has 4 nitrogen and oxygen atoms in total. The van der Waals surface area contributed by atoms with Crippen LogP contribution < -0.4 is 5.32 Å². The summed E-state index contributed by atoms with van der Waals surface area (Å²) < 4.78 is 0. The Morgan fingerprint density at radius 1 is 0.311 bits per heavy atom. The minimum atomic E-state index is -0.870. The molecule has 438 valence electrons. The number of aliphatic hydroxyl groups excluding tert-OH is 2. The van der Waals surface area contributed by atoms with Crippen molar-refractivity contribution in [2.45, 2.75) is 398 Å². The Morgan fingerprint density at radius 2 is 0.527 bits per heavy atom. The summed E-state index contributed by atoms with van der Waals surface area (Å²) in [6, 6.07) is -0.645. The molecule has 0 aliphatic heterocycles. The third-order valence-electron chi connectivity index (χ3n) is 16.1. The van der Waals surface area contributed by atoms with Crippen LogP contribution in [0.2, 0.25) is 0 Å². The van der Waals surface area contributed by atoms with E-state index in [9.17, 15) is 15.0 Å². The Morgan fingerprint density at radius 3 is 0.784 bits per heavy atom. The van der Waals surface area contributed by atoms with Crippen molar-refractivity contribution in [1.82, 2.24) is 5.32 Å². The van der Waals surface area contributed by atoms with Crippen LogP contribution in [0.3, 0.4) is 0 Å². The summed E-state index contributed by atoms with van der Waals surface area (Å²) in [6.45, 7) is 4.34. The van der Waals surface area contributed by atoms with E-state index in [-0.39, 0.29) is 12.5 Å². The molecule has 0 fully saturated rings. The number of carbonyl (C=O) groups is 1. The zero-order chi connectivity index (χ0) is 53.4. The highest BCUT2D eigenvalue weighted by Gasteiger charge is 2.18. The number of aliphatic hydroxyl groups is 2. The molecule has 0 rings (SSSR count). The minimum absolute atomic E-state index is 0.0696. The molecule has 0 aromatic carbocycles. The lowest BCUT2D eigenvalue weighted by Gasteiger charge is -2.19. The first-order valence-corrected chi connectivity index (χ1v) is 34.2. The maximum Gasteiger partial charge on any atom is 0.220 e. The average molecular weight is 1040 g/mol. The van der Waals surface area contributed by atoms with Gasteiger partial charge in [-0.3, -0.25) is 4.79 Å². The molecule has 0 radical (unpaired) electrons. The van der Waals surface area contributed by atoms with Gasteiger partial charge in [0.1, 0.15) is 0 Å². The molecule has 0 aromatic rings. The monoisotopic (exact) mass is 1040 g/mol. The molecule has 0 saturated carbocycles. The van der Waals surface area contributed by atoms with Gasteiger partial charge >= 0.3 is 0 Å². The lowest BCUT2D eigenvalue weighted by atomic mass is 10.0. The molecular weight excluding hydrogens is 903 g/mol. The molecule has 0 spiro atoms. The normalized spacial score (nSPS) is 12.9. The predicted molar refractivity (Wildman–Crippen MR) is 332 cm³/mol. The Hall–Kier alpha value is -1.39. The molecule has 4 heteroatoms. The van der Waals surface area contributed by atoms with E-state index in [0.29, 0.717) is 6.42 Å². The van der Waals surface area contributed by atoms with Gasteiger partial charge in [0.25, 0.3) is 0 Å². The van der Waals surface area contributed by atoms with Gasteiger partial charge in [-0.25, -0.2) is 0 Å². The molecule has 74 heavy (non-hydrogen) atoms. The minimum Gasteiger partial charge on any atom is -0.394 e. The standard InChI is InChI=1S/C70H135NO3/c1-3-5-7-9-11-13-15-17-19-21-23-25-27-29-31-33-34-35-36-38-40-42-44-46-48-50-52-54-56-58-60-62-64-66-70(74)71-68(67-72)69(73)65-63-61-59-57-55-53-51-49-47-45-43-41-39-37-32-30-28-26-24-22-20-18-16-14-12-10-8-6-4-2/h47,49,55,57,63,65,68-69,72-73H,3-46,48,50-54,56,58-62,64,66-67H2,1-2H3,(H,71,74)/b49-47+,57-55+,65-63+. The first kappa shape index (κ1) is 72.6. The Balaban J connectivity index is 3.46. The van der Waals surface area contributed by atoms with Gasteiger partial charge in [-0.2, -0.15) is 0 Å². The summed E-state index contributed by atoms with van der Waals surface area (Å²) in [5, 5.41) is 23.2. The zero-order valence-electron chi connectivity index (χ0n) is 50.6. The summed E-state index contributed by atoms with van der Waals surface area (Å²) in [4.78, 5) is 12.5. The topological polar surface area (TPSA) is 69.6 Å². The second-order valence-corrected chi connectivity index (χ2v) is 23.6. The van der Waals surface area contributed by atoms with E-state index >= 15 is 0 Å². The number of hydrogen-bond acceptors (Lipinski definition) is 3. The average Bonchev–Trinajstić information content (AvgIpc) is 3.40. The van der Waals surface area contributed by atoms with Gasteiger partial charge in [0.2, 0.25) is 5.91 Å². The largest absolute Gasteiger partial charge is 0.394 e. The molecule has 0 aromatic heterocycles. The van der Waals surface area contributed by atoms with Crippen molar-refractivity contribution in [3.8, 4) is 0 Å². The molecule has 0 aliphatic rings. The van der Waals surface area contributed by atoms with E-state index in [1.54, 1.807) is 6.08 Å². The first-order chi connectivity index (χ1) is 36.7. The third kappa shape index (κ3) is 61.5. The second kappa shape index (κ2) is 65.9. The summed E-state index contributed by atoms with van der Waals surface area (Å²) in [5.74, 6) is -0.0696. The molecule has 2 atom stereocenters. The van der Waals surface area contributed by atoms with Crippen LogP contribution in [-0.2, 0) is 4.79 Å². The van der Waals surface area contributed by atoms with E-state index in [1.807, 2.05) is 6.08 Å². The zero-order valence-corrected chi connectivity index (χ0v) is 50.6. The second-order valence-electron chi connectivity index (χ2n) is 23.6. The third-order valence-corrected chi connectivity index (χ3v) is 16.1. The first-order valence-electron chi connectivity index (χ1n) is 34.2. The molecule has 1 amide bonds. The molecule has 2 unspecified atom stereocenters. The predicted octanol–water partition coefficient (Wildman–Crippen LogP) is 23.2. The van der Waals surface area contributed by atoms with Crippen LogP contribution in [0, 0.1) is 0 Å². The maximum atomic E-state index is 12.5. The number of hydrogen-bond donors (Lipinski definition) is 3. The van der Waals surface area contributed by atoms with Crippen molar-refractivity contribution in [3.63, 3.8) is 0 Å². The number of rotatable bonds is 64. The van der Waals surface area contributed by atoms with Gasteiger partial charge in [-0.15, -0.1) is 0 Å². The SMILES string of the molecule is CCCCCCCCCCCCCCCCCCCCC/C=C/CC/C=C/CC/C=C/C(O)C(CO)NC(=O)CCCCCCCCCCCCCCCCCCCCCCCCCCCCCCCCCCC. The summed E-state index contributed by atoms with van der Waals surface area (Å²) >= 11 is 0. The number of allylic oxidation sites excluding steroid dienone is 5. The molecule has 0 heterocycles. The van der Waals surface area contributed by atoms with Crippen molar-refractivity contribution in [2.75, 3.05) is 6.61 Å². The fraction of sp³-hybridized carbons (Fsp3) is 0.900. The van der Waals surface area contributed by atoms with Gasteiger partial charge in [-0.1, -0.05) is 371 Å². The van der Waals surface area contributed by atoms with Crippen LogP contribution in [0.4, 0.5) is 0 Å². The van der Waals surface area contributed by atoms with Crippen LogP contribution in [0.5, 0.6) is 0 Å². The lowest BCUT2D eigenvalue weighted by molar-refractivity contribution is -0.123. The van der Waals surface area contributed by atoms with E-state index in [1.165, 1.54) is 327 Å². The van der Waals surface area contributed by atoms with Gasteiger partial charge < -0.3 is 15.5 Å². The Bertz CT molecular complexity index is 1130. The van der Waals surface area contributed by atoms with Gasteiger partial charge in [0.15, 0.2) is 0 Å². The van der Waals surface area contributed by atoms with Crippen LogP contribution in [0.25, 0.3) is 0 Å². The fourth-order valence-corrected chi connectivity index (χ4v) is 10.9. The Kier molecular flexibility index (Phi) is 64.7. The molecule has 0 bridgehead atoms. The van der Waals surface area contributed by atoms with Crippen LogP contribution >= 0.6 is 0 Å². The summed E-state index contributed by atoms with van der Waals surface area (Å²) in [6.07, 6.45) is 90.9. The smallest absolute Gasteiger partial charge is 0.220 e. The maximum absolute atomic E-state index is 12.5. The van der Waals surface area contributed by atoms with E-state index in [2.05, 4.69) is 43.5 Å². The van der Waals surface area contributed by atoms with Crippen molar-refractivity contribution in [2.24, 2.45) is 0 Å². The van der Waals surface area contributed by atoms with E-state index in [4.69, 9.17) is 0 Å². The van der Waals surface area contributed by atoms with E-state index < -0.39 is 12.1 Å².